The summed E-state index contributed by atoms with van der Waals surface area (Å²) in [6, 6.07) is 0. The van der Waals surface area contributed by atoms with E-state index in [2.05, 4.69) is 15.9 Å². The Bertz CT molecular complexity index is 339. The summed E-state index contributed by atoms with van der Waals surface area (Å²) in [5.41, 5.74) is 0. The zero-order valence-corrected chi connectivity index (χ0v) is 12.8. The molecule has 0 aromatic heterocycles. The molecule has 0 N–H and O–H groups in total. The molecule has 0 bridgehead atoms. The molecule has 0 heterocycles. The minimum atomic E-state index is -4.01. The molecule has 0 aromatic carbocycles. The quantitative estimate of drug-likeness (QED) is 0.360. The highest BCUT2D eigenvalue weighted by molar-refractivity contribution is 9.09. The Morgan fingerprint density at radius 2 is 1.25 bits per heavy atom. The molecule has 0 aliphatic carbocycles. The normalized spacial score (nSPS) is 12.9. The van der Waals surface area contributed by atoms with Crippen LogP contribution in [0.15, 0.2) is 0 Å². The van der Waals surface area contributed by atoms with Gasteiger partial charge in [0.15, 0.2) is 0 Å². The maximum Gasteiger partial charge on any atom is 0.253 e. The van der Waals surface area contributed by atoms with Crippen molar-refractivity contribution in [3.05, 3.63) is 0 Å². The second-order valence-corrected chi connectivity index (χ2v) is 10.6. The Morgan fingerprint density at radius 1 is 0.812 bits per heavy atom. The summed E-state index contributed by atoms with van der Waals surface area (Å²) in [4.78, 5) is 0. The van der Waals surface area contributed by atoms with Gasteiger partial charge in [-0.1, -0.05) is 15.9 Å². The molecule has 0 amide bonds. The summed E-state index contributed by atoms with van der Waals surface area (Å²) in [5.74, 6) is -0.267. The first-order valence-corrected chi connectivity index (χ1v) is 10.4. The van der Waals surface area contributed by atoms with E-state index in [1.165, 1.54) is 0 Å². The molecule has 0 radical (unpaired) electrons. The Hall–Kier alpha value is 0.670. The summed E-state index contributed by atoms with van der Waals surface area (Å²) in [5, 5.41) is 0.675. The van der Waals surface area contributed by atoms with Crippen molar-refractivity contribution >= 4 is 45.3 Å². The van der Waals surface area contributed by atoms with Gasteiger partial charge >= 0.3 is 0 Å². The largest absolute Gasteiger partial charge is 0.253 e. The molecule has 98 valence electrons. The van der Waals surface area contributed by atoms with Crippen LogP contribution in [-0.2, 0) is 17.7 Å². The van der Waals surface area contributed by atoms with Crippen LogP contribution in [0.2, 0.25) is 0 Å². The zero-order chi connectivity index (χ0) is 12.7. The Labute approximate surface area is 110 Å². The van der Waals surface area contributed by atoms with Gasteiger partial charge in [-0.05, 0) is 25.7 Å². The minimum absolute atomic E-state index is 0.290. The van der Waals surface area contributed by atoms with E-state index in [-0.39, 0.29) is 11.5 Å². The molecule has 0 rings (SSSR count). The van der Waals surface area contributed by atoms with Crippen LogP contribution in [0.1, 0.15) is 25.7 Å². The minimum Gasteiger partial charge on any atom is -0.213 e. The Morgan fingerprint density at radius 3 is 1.62 bits per heavy atom. The first-order chi connectivity index (χ1) is 7.37. The van der Waals surface area contributed by atoms with E-state index in [0.29, 0.717) is 36.9 Å². The van der Waals surface area contributed by atoms with Crippen LogP contribution in [0.3, 0.4) is 0 Å². The van der Waals surface area contributed by atoms with Gasteiger partial charge in [-0.25, -0.2) is 16.8 Å². The van der Waals surface area contributed by atoms with Crippen LogP contribution in [-0.4, -0.2) is 39.6 Å². The topological polar surface area (TPSA) is 68.3 Å². The van der Waals surface area contributed by atoms with Crippen molar-refractivity contribution in [3.8, 4) is 0 Å². The summed E-state index contributed by atoms with van der Waals surface area (Å²) < 4.78 is 45.9. The summed E-state index contributed by atoms with van der Waals surface area (Å²) in [6.45, 7) is 0. The molecular weight excluding hydrogens is 340 g/mol. The van der Waals surface area contributed by atoms with Crippen LogP contribution < -0.4 is 0 Å². The Balaban J connectivity index is 4.36. The van der Waals surface area contributed by atoms with Gasteiger partial charge in [0.05, 0.1) is 11.5 Å². The molecule has 0 saturated heterocycles. The van der Waals surface area contributed by atoms with E-state index in [9.17, 15) is 16.8 Å². The van der Waals surface area contributed by atoms with E-state index in [1.54, 1.807) is 0 Å². The van der Waals surface area contributed by atoms with E-state index in [0.717, 1.165) is 0 Å². The van der Waals surface area contributed by atoms with Crippen molar-refractivity contribution in [1.82, 2.24) is 0 Å². The lowest BCUT2D eigenvalue weighted by Crippen LogP contribution is -2.22. The van der Waals surface area contributed by atoms with Gasteiger partial charge in [-0.15, -0.1) is 11.6 Å². The molecule has 0 fully saturated rings. The molecule has 0 aliphatic rings. The fraction of sp³-hybridized carbons (Fsp3) is 1.00. The van der Waals surface area contributed by atoms with Gasteiger partial charge in [-0.3, -0.25) is 0 Å². The molecule has 0 saturated carbocycles. The predicted octanol–water partition coefficient (Wildman–Crippen LogP) is 1.93. The van der Waals surface area contributed by atoms with Crippen LogP contribution in [0.5, 0.6) is 0 Å². The number of hydrogen-bond acceptors (Lipinski definition) is 4. The number of halogens is 2. The molecule has 8 heteroatoms. The van der Waals surface area contributed by atoms with Crippen molar-refractivity contribution in [2.75, 3.05) is 22.7 Å². The number of hydrogen-bond donors (Lipinski definition) is 0. The highest BCUT2D eigenvalue weighted by atomic mass is 79.9. The van der Waals surface area contributed by atoms with Crippen molar-refractivity contribution in [2.45, 2.75) is 25.7 Å². The first-order valence-electron chi connectivity index (χ1n) is 4.95. The fourth-order valence-electron chi connectivity index (χ4n) is 1.00. The smallest absolute Gasteiger partial charge is 0.213 e. The molecule has 0 aliphatic heterocycles. The van der Waals surface area contributed by atoms with Crippen molar-refractivity contribution in [1.29, 1.82) is 0 Å². The third kappa shape index (κ3) is 5.84. The molecule has 0 aromatic rings. The van der Waals surface area contributed by atoms with Gasteiger partial charge in [0, 0.05) is 11.2 Å². The third-order valence-corrected chi connectivity index (χ3v) is 8.44. The first kappa shape index (κ1) is 16.7. The molecule has 0 unspecified atom stereocenters. The SMILES string of the molecule is O=S(=O)(CCCCCl)S(=O)(=O)CCCCBr. The maximum atomic E-state index is 11.5. The molecule has 0 spiro atoms. The van der Waals surface area contributed by atoms with Crippen molar-refractivity contribution in [2.24, 2.45) is 0 Å². The lowest BCUT2D eigenvalue weighted by molar-refractivity contribution is 0.579. The molecule has 0 atom stereocenters. The van der Waals surface area contributed by atoms with Gasteiger partial charge < -0.3 is 0 Å². The summed E-state index contributed by atoms with van der Waals surface area (Å²) >= 11 is 8.56. The highest BCUT2D eigenvalue weighted by Gasteiger charge is 2.28. The van der Waals surface area contributed by atoms with Crippen LogP contribution in [0.25, 0.3) is 0 Å². The van der Waals surface area contributed by atoms with Crippen LogP contribution in [0, 0.1) is 0 Å². The molecule has 4 nitrogen and oxygen atoms in total. The van der Waals surface area contributed by atoms with E-state index >= 15 is 0 Å². The number of alkyl halides is 2. The van der Waals surface area contributed by atoms with Crippen molar-refractivity contribution in [3.63, 3.8) is 0 Å². The maximum absolute atomic E-state index is 11.5. The van der Waals surface area contributed by atoms with Crippen molar-refractivity contribution < 1.29 is 16.8 Å². The van der Waals surface area contributed by atoms with Gasteiger partial charge in [0.2, 0.25) is 0 Å². The van der Waals surface area contributed by atoms with Crippen LogP contribution >= 0.6 is 27.5 Å². The van der Waals surface area contributed by atoms with Gasteiger partial charge in [0.1, 0.15) is 0 Å². The predicted molar refractivity (Wildman–Crippen MR) is 70.6 cm³/mol. The summed E-state index contributed by atoms with van der Waals surface area (Å²) in [7, 11) is -8.02. The van der Waals surface area contributed by atoms with Crippen LogP contribution in [0.4, 0.5) is 0 Å². The lowest BCUT2D eigenvalue weighted by atomic mass is 10.4. The zero-order valence-electron chi connectivity index (χ0n) is 8.86. The summed E-state index contributed by atoms with van der Waals surface area (Å²) in [6.07, 6.45) is 1.82. The molecular formula is C8H16BrClO4S2. The number of unbranched alkanes of at least 4 members (excludes halogenated alkanes) is 2. The average Bonchev–Trinajstić information content (AvgIpc) is 2.18. The Kier molecular flexibility index (Phi) is 8.22. The monoisotopic (exact) mass is 354 g/mol. The standard InChI is InChI=1S/C8H16BrClO4S2/c9-5-1-3-7-15(11,12)16(13,14)8-4-2-6-10/h1-8H2. The molecule has 16 heavy (non-hydrogen) atoms. The lowest BCUT2D eigenvalue weighted by Gasteiger charge is -2.05. The number of rotatable bonds is 9. The average molecular weight is 356 g/mol. The second kappa shape index (κ2) is 7.89. The van der Waals surface area contributed by atoms with Gasteiger partial charge in [0.25, 0.3) is 17.7 Å². The third-order valence-electron chi connectivity index (χ3n) is 1.94. The fourth-order valence-corrected chi connectivity index (χ4v) is 5.44. The van der Waals surface area contributed by atoms with E-state index in [1.807, 2.05) is 0 Å². The second-order valence-electron chi connectivity index (χ2n) is 3.32. The van der Waals surface area contributed by atoms with E-state index < -0.39 is 17.7 Å². The van der Waals surface area contributed by atoms with Gasteiger partial charge in [-0.2, -0.15) is 0 Å². The highest BCUT2D eigenvalue weighted by Crippen LogP contribution is 2.11. The van der Waals surface area contributed by atoms with E-state index in [4.69, 9.17) is 11.6 Å².